The second kappa shape index (κ2) is 5.21. The van der Waals surface area contributed by atoms with Crippen LogP contribution in [-0.4, -0.2) is 20.9 Å². The molecule has 1 aromatic carbocycles. The summed E-state index contributed by atoms with van der Waals surface area (Å²) < 4.78 is 7.97. The van der Waals surface area contributed by atoms with Crippen LogP contribution in [0.4, 0.5) is 0 Å². The van der Waals surface area contributed by atoms with Gasteiger partial charge in [0, 0.05) is 10.5 Å². The van der Waals surface area contributed by atoms with Gasteiger partial charge in [-0.1, -0.05) is 12.1 Å². The molecule has 0 radical (unpaired) electrons. The summed E-state index contributed by atoms with van der Waals surface area (Å²) in [6.45, 7) is 1.83. The Morgan fingerprint density at radius 2 is 2.05 bits per heavy atom. The fourth-order valence-corrected chi connectivity index (χ4v) is 2.49. The summed E-state index contributed by atoms with van der Waals surface area (Å²) in [6, 6.07) is 12.6. The molecule has 0 bridgehead atoms. The summed E-state index contributed by atoms with van der Waals surface area (Å²) >= 11 is 3.45. The number of carbonyl (C=O) groups is 1. The number of nitrogens with zero attached hydrogens (tertiary/aromatic N) is 2. The zero-order valence-electron chi connectivity index (χ0n) is 11.1. The molecule has 5 nitrogen and oxygen atoms in total. The van der Waals surface area contributed by atoms with Crippen molar-refractivity contribution in [1.29, 1.82) is 0 Å². The molecule has 1 N–H and O–H groups in total. The molecule has 2 heterocycles. The van der Waals surface area contributed by atoms with Crippen molar-refractivity contribution in [3.63, 3.8) is 0 Å². The minimum atomic E-state index is -1.08. The highest BCUT2D eigenvalue weighted by atomic mass is 79.9. The lowest BCUT2D eigenvalue weighted by Crippen LogP contribution is -2.02. The Balaban J connectivity index is 2.24. The van der Waals surface area contributed by atoms with E-state index in [4.69, 9.17) is 4.42 Å². The Morgan fingerprint density at radius 1 is 1.29 bits per heavy atom. The van der Waals surface area contributed by atoms with Crippen LogP contribution in [0.5, 0.6) is 0 Å². The van der Waals surface area contributed by atoms with Crippen molar-refractivity contribution < 1.29 is 14.3 Å². The van der Waals surface area contributed by atoms with E-state index in [0.717, 1.165) is 15.9 Å². The number of hydrogen-bond donors (Lipinski definition) is 1. The number of aryl methyl sites for hydroxylation is 1. The smallest absolute Gasteiger partial charge is 0.356 e. The lowest BCUT2D eigenvalue weighted by Gasteiger charge is -2.07. The van der Waals surface area contributed by atoms with Crippen LogP contribution >= 0.6 is 15.9 Å². The van der Waals surface area contributed by atoms with Gasteiger partial charge in [0.05, 0.1) is 5.69 Å². The first-order valence-electron chi connectivity index (χ1n) is 6.21. The van der Waals surface area contributed by atoms with Crippen molar-refractivity contribution in [2.24, 2.45) is 0 Å². The maximum absolute atomic E-state index is 11.2. The Labute approximate surface area is 129 Å². The summed E-state index contributed by atoms with van der Waals surface area (Å²) in [4.78, 5) is 11.2. The highest BCUT2D eigenvalue weighted by Crippen LogP contribution is 2.29. The van der Waals surface area contributed by atoms with Gasteiger partial charge in [-0.05, 0) is 47.1 Å². The molecule has 0 atom stereocenters. The first-order chi connectivity index (χ1) is 10.1. The van der Waals surface area contributed by atoms with Crippen LogP contribution in [0.1, 0.15) is 16.2 Å². The molecule has 0 amide bonds. The number of aromatic carboxylic acids is 1. The highest BCUT2D eigenvalue weighted by molar-refractivity contribution is 9.10. The Kier molecular flexibility index (Phi) is 3.39. The fourth-order valence-electron chi connectivity index (χ4n) is 2.04. The Hall–Kier alpha value is -2.34. The molecule has 0 aliphatic heterocycles. The van der Waals surface area contributed by atoms with Crippen molar-refractivity contribution in [2.75, 3.05) is 0 Å². The molecule has 0 saturated heterocycles. The summed E-state index contributed by atoms with van der Waals surface area (Å²) in [7, 11) is 0. The zero-order chi connectivity index (χ0) is 15.0. The SMILES string of the molecule is Cc1ccc(-c2cc(C(=O)O)nn2-c2ccccc2Br)o1. The quantitative estimate of drug-likeness (QED) is 0.780. The van der Waals surface area contributed by atoms with E-state index in [9.17, 15) is 9.90 Å². The van der Waals surface area contributed by atoms with E-state index >= 15 is 0 Å². The average molecular weight is 347 g/mol. The third-order valence-corrected chi connectivity index (χ3v) is 3.67. The number of carboxylic acid groups (broad SMARTS) is 1. The van der Waals surface area contributed by atoms with Gasteiger partial charge in [0.2, 0.25) is 0 Å². The summed E-state index contributed by atoms with van der Waals surface area (Å²) in [6.07, 6.45) is 0. The van der Waals surface area contributed by atoms with Crippen molar-refractivity contribution >= 4 is 21.9 Å². The Morgan fingerprint density at radius 3 is 2.67 bits per heavy atom. The number of hydrogen-bond acceptors (Lipinski definition) is 3. The minimum Gasteiger partial charge on any atom is -0.476 e. The van der Waals surface area contributed by atoms with Gasteiger partial charge in [0.15, 0.2) is 11.5 Å². The lowest BCUT2D eigenvalue weighted by molar-refractivity contribution is 0.0690. The van der Waals surface area contributed by atoms with Gasteiger partial charge in [-0.2, -0.15) is 5.10 Å². The molecule has 0 spiro atoms. The number of benzene rings is 1. The number of carboxylic acids is 1. The maximum atomic E-state index is 11.2. The summed E-state index contributed by atoms with van der Waals surface area (Å²) in [5, 5.41) is 13.3. The molecule has 21 heavy (non-hydrogen) atoms. The molecule has 106 valence electrons. The maximum Gasteiger partial charge on any atom is 0.356 e. The van der Waals surface area contributed by atoms with Gasteiger partial charge in [-0.25, -0.2) is 9.48 Å². The molecule has 3 aromatic rings. The lowest BCUT2D eigenvalue weighted by atomic mass is 10.2. The minimum absolute atomic E-state index is 0.0326. The number of aromatic nitrogens is 2. The monoisotopic (exact) mass is 346 g/mol. The normalized spacial score (nSPS) is 10.8. The van der Waals surface area contributed by atoms with Gasteiger partial charge in [0.25, 0.3) is 0 Å². The van der Waals surface area contributed by atoms with Crippen LogP contribution in [0.25, 0.3) is 17.1 Å². The predicted molar refractivity (Wildman–Crippen MR) is 80.7 cm³/mol. The van der Waals surface area contributed by atoms with Crippen molar-refractivity contribution in [1.82, 2.24) is 9.78 Å². The molecule has 0 aliphatic rings. The second-order valence-corrected chi connectivity index (χ2v) is 5.35. The van der Waals surface area contributed by atoms with Crippen molar-refractivity contribution in [3.8, 4) is 17.1 Å². The van der Waals surface area contributed by atoms with E-state index < -0.39 is 5.97 Å². The van der Waals surface area contributed by atoms with Crippen LogP contribution in [0.2, 0.25) is 0 Å². The summed E-state index contributed by atoms with van der Waals surface area (Å²) in [5.41, 5.74) is 1.30. The average Bonchev–Trinajstić information content (AvgIpc) is 3.05. The van der Waals surface area contributed by atoms with E-state index in [1.54, 1.807) is 10.7 Å². The van der Waals surface area contributed by atoms with Crippen molar-refractivity contribution in [2.45, 2.75) is 6.92 Å². The third kappa shape index (κ3) is 2.50. The van der Waals surface area contributed by atoms with E-state index in [1.165, 1.54) is 6.07 Å². The molecular formula is C15H11BrN2O3. The first-order valence-corrected chi connectivity index (χ1v) is 7.00. The van der Waals surface area contributed by atoms with Gasteiger partial charge in [-0.15, -0.1) is 0 Å². The number of para-hydroxylation sites is 1. The van der Waals surface area contributed by atoms with Gasteiger partial charge in [0.1, 0.15) is 11.5 Å². The van der Waals surface area contributed by atoms with E-state index in [0.29, 0.717) is 11.5 Å². The number of rotatable bonds is 3. The van der Waals surface area contributed by atoms with Crippen LogP contribution in [-0.2, 0) is 0 Å². The molecule has 0 unspecified atom stereocenters. The second-order valence-electron chi connectivity index (χ2n) is 4.49. The molecule has 0 saturated carbocycles. The Bertz CT molecular complexity index is 820. The predicted octanol–water partition coefficient (Wildman–Crippen LogP) is 3.90. The third-order valence-electron chi connectivity index (χ3n) is 3.00. The largest absolute Gasteiger partial charge is 0.476 e. The van der Waals surface area contributed by atoms with E-state index in [2.05, 4.69) is 21.0 Å². The standard InChI is InChI=1S/C15H11BrN2O3/c1-9-6-7-14(21-9)13-8-11(15(19)20)17-18(13)12-5-3-2-4-10(12)16/h2-8H,1H3,(H,19,20). The first kappa shape index (κ1) is 13.6. The van der Waals surface area contributed by atoms with Gasteiger partial charge < -0.3 is 9.52 Å². The molecule has 0 aliphatic carbocycles. The molecule has 3 rings (SSSR count). The number of furan rings is 1. The van der Waals surface area contributed by atoms with Crippen LogP contribution in [0.15, 0.2) is 51.4 Å². The molecule has 2 aromatic heterocycles. The van der Waals surface area contributed by atoms with Gasteiger partial charge >= 0.3 is 5.97 Å². The fraction of sp³-hybridized carbons (Fsp3) is 0.0667. The van der Waals surface area contributed by atoms with Crippen LogP contribution in [0, 0.1) is 6.92 Å². The molecule has 0 fully saturated rings. The van der Waals surface area contributed by atoms with E-state index in [1.807, 2.05) is 37.3 Å². The van der Waals surface area contributed by atoms with Crippen LogP contribution in [0.3, 0.4) is 0 Å². The van der Waals surface area contributed by atoms with E-state index in [-0.39, 0.29) is 5.69 Å². The summed E-state index contributed by atoms with van der Waals surface area (Å²) in [5.74, 6) is 0.246. The topological polar surface area (TPSA) is 68.3 Å². The molecular weight excluding hydrogens is 336 g/mol. The highest BCUT2D eigenvalue weighted by Gasteiger charge is 2.19. The molecule has 6 heteroatoms. The van der Waals surface area contributed by atoms with Gasteiger partial charge in [-0.3, -0.25) is 0 Å². The number of halogens is 1. The van der Waals surface area contributed by atoms with Crippen molar-refractivity contribution in [3.05, 3.63) is 58.4 Å². The zero-order valence-corrected chi connectivity index (χ0v) is 12.7. The van der Waals surface area contributed by atoms with Crippen LogP contribution < -0.4 is 0 Å².